The zero-order chi connectivity index (χ0) is 22.8. The number of hydrogen-bond donors (Lipinski definition) is 2. The van der Waals surface area contributed by atoms with Gasteiger partial charge in [-0.2, -0.15) is 0 Å². The molecule has 0 saturated carbocycles. The fourth-order valence-corrected chi connectivity index (χ4v) is 4.24. The van der Waals surface area contributed by atoms with Crippen molar-refractivity contribution in [3.63, 3.8) is 0 Å². The van der Waals surface area contributed by atoms with Crippen LogP contribution in [0.15, 0.2) is 42.6 Å². The Balaban J connectivity index is 1.59. The maximum absolute atomic E-state index is 13.8. The molecular formula is C24H27FN4O3. The first-order valence-corrected chi connectivity index (χ1v) is 10.8. The van der Waals surface area contributed by atoms with Crippen LogP contribution < -0.4 is 5.32 Å². The summed E-state index contributed by atoms with van der Waals surface area (Å²) in [5, 5.41) is 13.2. The highest BCUT2D eigenvalue weighted by molar-refractivity contribution is 5.85. The summed E-state index contributed by atoms with van der Waals surface area (Å²) in [6, 6.07) is 9.97. The molecule has 1 aliphatic heterocycles. The van der Waals surface area contributed by atoms with Gasteiger partial charge in [-0.15, -0.1) is 0 Å². The van der Waals surface area contributed by atoms with Crippen LogP contribution in [0.1, 0.15) is 30.7 Å². The van der Waals surface area contributed by atoms with Crippen molar-refractivity contribution in [3.8, 4) is 0 Å². The molecule has 7 nitrogen and oxygen atoms in total. The van der Waals surface area contributed by atoms with Crippen LogP contribution in [0.25, 0.3) is 11.0 Å². The lowest BCUT2D eigenvalue weighted by Crippen LogP contribution is -2.48. The summed E-state index contributed by atoms with van der Waals surface area (Å²) >= 11 is 0. The highest BCUT2D eigenvalue weighted by Crippen LogP contribution is 2.30. The van der Waals surface area contributed by atoms with Crippen molar-refractivity contribution in [3.05, 3.63) is 65.2 Å². The predicted molar refractivity (Wildman–Crippen MR) is 119 cm³/mol. The molecule has 2 unspecified atom stereocenters. The number of carbonyl (C=O) groups is 2. The largest absolute Gasteiger partial charge is 0.481 e. The normalized spacial score (nSPS) is 15.4. The molecule has 1 amide bonds. The van der Waals surface area contributed by atoms with Gasteiger partial charge in [0.2, 0.25) is 5.91 Å². The summed E-state index contributed by atoms with van der Waals surface area (Å²) in [6.45, 7) is 5.08. The van der Waals surface area contributed by atoms with Crippen molar-refractivity contribution < 1.29 is 19.1 Å². The van der Waals surface area contributed by atoms with Crippen LogP contribution in [0.4, 0.5) is 4.39 Å². The summed E-state index contributed by atoms with van der Waals surface area (Å²) in [5.41, 5.74) is 3.84. The first-order chi connectivity index (χ1) is 15.3. The first kappa shape index (κ1) is 22.0. The van der Waals surface area contributed by atoms with Crippen molar-refractivity contribution in [2.75, 3.05) is 13.1 Å². The molecule has 0 fully saturated rings. The zero-order valence-electron chi connectivity index (χ0n) is 18.2. The van der Waals surface area contributed by atoms with Crippen LogP contribution in [0.2, 0.25) is 0 Å². The van der Waals surface area contributed by atoms with Crippen LogP contribution in [0, 0.1) is 11.7 Å². The van der Waals surface area contributed by atoms with E-state index in [2.05, 4.69) is 14.9 Å². The minimum atomic E-state index is -0.894. The van der Waals surface area contributed by atoms with Crippen LogP contribution in [0.3, 0.4) is 0 Å². The summed E-state index contributed by atoms with van der Waals surface area (Å²) in [5.74, 6) is -1.82. The van der Waals surface area contributed by atoms with Crippen LogP contribution in [0.5, 0.6) is 0 Å². The van der Waals surface area contributed by atoms with Crippen molar-refractivity contribution in [1.29, 1.82) is 0 Å². The number of nitrogens with one attached hydrogen (secondary N) is 1. The molecule has 4 rings (SSSR count). The van der Waals surface area contributed by atoms with Gasteiger partial charge >= 0.3 is 5.97 Å². The number of rotatable bonds is 7. The molecule has 1 aromatic carbocycles. The van der Waals surface area contributed by atoms with Gasteiger partial charge in [-0.1, -0.05) is 19.1 Å². The zero-order valence-corrected chi connectivity index (χ0v) is 18.2. The van der Waals surface area contributed by atoms with Crippen LogP contribution in [-0.4, -0.2) is 50.6 Å². The monoisotopic (exact) mass is 438 g/mol. The summed E-state index contributed by atoms with van der Waals surface area (Å²) in [7, 11) is 0. The fourth-order valence-electron chi connectivity index (χ4n) is 4.24. The molecule has 168 valence electrons. The number of pyridine rings is 1. The Bertz CT molecular complexity index is 1160. The number of fused-ring (bicyclic) bond motifs is 3. The van der Waals surface area contributed by atoms with Gasteiger partial charge in [0, 0.05) is 36.9 Å². The Kier molecular flexibility index (Phi) is 6.23. The number of carbonyl (C=O) groups excluding carboxylic acids is 1. The van der Waals surface area contributed by atoms with Crippen LogP contribution >= 0.6 is 0 Å². The third kappa shape index (κ3) is 4.36. The molecular weight excluding hydrogens is 411 g/mol. The lowest BCUT2D eigenvalue weighted by atomic mass is 10.0. The Morgan fingerprint density at radius 1 is 1.25 bits per heavy atom. The van der Waals surface area contributed by atoms with Gasteiger partial charge in [0.1, 0.15) is 11.5 Å². The summed E-state index contributed by atoms with van der Waals surface area (Å²) < 4.78 is 15.8. The molecule has 2 atom stereocenters. The Labute approximate surface area is 185 Å². The van der Waals surface area contributed by atoms with Crippen LogP contribution in [-0.2, 0) is 29.1 Å². The molecule has 0 radical (unpaired) electrons. The molecule has 0 bridgehead atoms. The molecule has 2 aromatic heterocycles. The average molecular weight is 439 g/mol. The molecule has 3 aromatic rings. The quantitative estimate of drug-likeness (QED) is 0.592. The number of carboxylic acids is 1. The van der Waals surface area contributed by atoms with Crippen molar-refractivity contribution in [2.45, 2.75) is 39.4 Å². The predicted octanol–water partition coefficient (Wildman–Crippen LogP) is 2.81. The summed E-state index contributed by atoms with van der Waals surface area (Å²) in [6.07, 6.45) is 2.45. The second kappa shape index (κ2) is 9.08. The molecule has 2 N–H and O–H groups in total. The SMILES string of the molecule is CC(CNC(C)C(=O)N1CCc2c(n(Cc3cccc(F)c3)c3ncccc23)C1)C(=O)O. The Hall–Kier alpha value is -3.26. The number of amides is 1. The van der Waals surface area contributed by atoms with E-state index in [-0.39, 0.29) is 18.3 Å². The molecule has 0 aliphatic carbocycles. The standard InChI is InChI=1S/C24H27FN4O3/c1-15(24(31)32)12-27-16(2)23(30)28-10-8-19-20-7-4-9-26-22(20)29(21(19)14-28)13-17-5-3-6-18(25)11-17/h3-7,9,11,15-16,27H,8,10,12-14H2,1-2H3,(H,31,32). The molecule has 8 heteroatoms. The smallest absolute Gasteiger partial charge is 0.307 e. The van der Waals surface area contributed by atoms with Gasteiger partial charge in [-0.05, 0) is 48.7 Å². The van der Waals surface area contributed by atoms with E-state index in [0.29, 0.717) is 26.1 Å². The van der Waals surface area contributed by atoms with E-state index < -0.39 is 17.9 Å². The third-order valence-electron chi connectivity index (χ3n) is 6.08. The van der Waals surface area contributed by atoms with E-state index >= 15 is 0 Å². The van der Waals surface area contributed by atoms with E-state index in [9.17, 15) is 14.0 Å². The lowest BCUT2D eigenvalue weighted by Gasteiger charge is -2.31. The highest BCUT2D eigenvalue weighted by Gasteiger charge is 2.29. The molecule has 3 heterocycles. The number of hydrogen-bond acceptors (Lipinski definition) is 4. The maximum atomic E-state index is 13.8. The molecule has 0 spiro atoms. The van der Waals surface area contributed by atoms with E-state index in [1.165, 1.54) is 17.7 Å². The highest BCUT2D eigenvalue weighted by atomic mass is 19.1. The van der Waals surface area contributed by atoms with Gasteiger partial charge in [-0.25, -0.2) is 9.37 Å². The average Bonchev–Trinajstić information content (AvgIpc) is 3.09. The Morgan fingerprint density at radius 2 is 2.06 bits per heavy atom. The van der Waals surface area contributed by atoms with E-state index in [0.717, 1.165) is 22.3 Å². The lowest BCUT2D eigenvalue weighted by molar-refractivity contribution is -0.141. The van der Waals surface area contributed by atoms with Gasteiger partial charge in [0.15, 0.2) is 0 Å². The minimum absolute atomic E-state index is 0.0660. The molecule has 0 saturated heterocycles. The molecule has 1 aliphatic rings. The number of benzene rings is 1. The number of carboxylic acid groups (broad SMARTS) is 1. The topological polar surface area (TPSA) is 87.5 Å². The second-order valence-corrected chi connectivity index (χ2v) is 8.39. The fraction of sp³-hybridized carbons (Fsp3) is 0.375. The molecule has 32 heavy (non-hydrogen) atoms. The number of halogens is 1. The third-order valence-corrected chi connectivity index (χ3v) is 6.08. The van der Waals surface area contributed by atoms with E-state index in [4.69, 9.17) is 5.11 Å². The van der Waals surface area contributed by atoms with Gasteiger partial charge in [0.25, 0.3) is 0 Å². The van der Waals surface area contributed by atoms with Crippen molar-refractivity contribution in [2.24, 2.45) is 5.92 Å². The van der Waals surface area contributed by atoms with Crippen molar-refractivity contribution >= 4 is 22.9 Å². The minimum Gasteiger partial charge on any atom is -0.481 e. The van der Waals surface area contributed by atoms with Gasteiger partial charge < -0.3 is 19.9 Å². The first-order valence-electron chi connectivity index (χ1n) is 10.8. The van der Waals surface area contributed by atoms with Gasteiger partial charge in [-0.3, -0.25) is 9.59 Å². The summed E-state index contributed by atoms with van der Waals surface area (Å²) in [4.78, 5) is 30.5. The number of aromatic nitrogens is 2. The Morgan fingerprint density at radius 3 is 2.81 bits per heavy atom. The van der Waals surface area contributed by atoms with E-state index in [1.54, 1.807) is 31.0 Å². The number of nitrogens with zero attached hydrogens (tertiary/aromatic N) is 3. The van der Waals surface area contributed by atoms with E-state index in [1.807, 2.05) is 18.2 Å². The van der Waals surface area contributed by atoms with Crippen molar-refractivity contribution in [1.82, 2.24) is 19.8 Å². The number of aliphatic carboxylic acids is 1. The maximum Gasteiger partial charge on any atom is 0.307 e. The second-order valence-electron chi connectivity index (χ2n) is 8.39. The van der Waals surface area contributed by atoms with Gasteiger partial charge in [0.05, 0.1) is 18.5 Å².